The molecule has 1 aromatic rings. The second kappa shape index (κ2) is 6.36. The van der Waals surface area contributed by atoms with Gasteiger partial charge in [0.25, 0.3) is 5.91 Å². The summed E-state index contributed by atoms with van der Waals surface area (Å²) < 4.78 is 38.3. The first kappa shape index (κ1) is 16.3. The molecule has 2 N–H and O–H groups in total. The van der Waals surface area contributed by atoms with Gasteiger partial charge in [0, 0.05) is 10.0 Å². The Balaban J connectivity index is 2.16. The van der Waals surface area contributed by atoms with Crippen molar-refractivity contribution in [2.75, 3.05) is 0 Å². The number of hydrogen-bond acceptors (Lipinski definition) is 2. The lowest BCUT2D eigenvalue weighted by atomic mass is 9.92. The summed E-state index contributed by atoms with van der Waals surface area (Å²) in [5.74, 6) is -0.598. The molecule has 1 aromatic carbocycles. The van der Waals surface area contributed by atoms with Crippen molar-refractivity contribution in [3.63, 3.8) is 0 Å². The molecule has 0 spiro atoms. The summed E-state index contributed by atoms with van der Waals surface area (Å²) in [6, 6.07) is 2.94. The standard InChI is InChI=1S/C14H15BrF3NO2/c15-10-6-5-8(7-9(10)14(16,17)18)13(21)19-11-3-1-2-4-12(11)20/h5-7,11-12,20H,1-4H2,(H,19,21)/t11-,12-/m1/s1. The van der Waals surface area contributed by atoms with E-state index in [2.05, 4.69) is 21.2 Å². The fourth-order valence-electron chi connectivity index (χ4n) is 2.42. The molecule has 2 rings (SSSR count). The van der Waals surface area contributed by atoms with Gasteiger partial charge in [0.15, 0.2) is 0 Å². The lowest BCUT2D eigenvalue weighted by Gasteiger charge is -2.28. The highest BCUT2D eigenvalue weighted by Crippen LogP contribution is 2.35. The first-order valence-electron chi connectivity index (χ1n) is 6.64. The van der Waals surface area contributed by atoms with Gasteiger partial charge < -0.3 is 10.4 Å². The highest BCUT2D eigenvalue weighted by molar-refractivity contribution is 9.10. The smallest absolute Gasteiger partial charge is 0.391 e. The van der Waals surface area contributed by atoms with Crippen molar-refractivity contribution < 1.29 is 23.1 Å². The van der Waals surface area contributed by atoms with E-state index in [9.17, 15) is 23.1 Å². The largest absolute Gasteiger partial charge is 0.417 e. The summed E-state index contributed by atoms with van der Waals surface area (Å²) in [6.07, 6.45) is -2.16. The van der Waals surface area contributed by atoms with Gasteiger partial charge in [0.2, 0.25) is 0 Å². The number of aliphatic hydroxyl groups is 1. The number of amides is 1. The zero-order valence-corrected chi connectivity index (χ0v) is 12.7. The SMILES string of the molecule is O=C(N[C@@H]1CCCC[C@H]1O)c1ccc(Br)c(C(F)(F)F)c1. The van der Waals surface area contributed by atoms with Crippen LogP contribution in [-0.2, 0) is 6.18 Å². The van der Waals surface area contributed by atoms with Gasteiger partial charge >= 0.3 is 6.18 Å². The van der Waals surface area contributed by atoms with E-state index < -0.39 is 29.8 Å². The molecule has 1 fully saturated rings. The van der Waals surface area contributed by atoms with Crippen LogP contribution in [-0.4, -0.2) is 23.2 Å². The molecule has 7 heteroatoms. The molecule has 116 valence electrons. The second-order valence-corrected chi connectivity index (χ2v) is 5.98. The number of alkyl halides is 3. The highest BCUT2D eigenvalue weighted by atomic mass is 79.9. The number of halogens is 4. The van der Waals surface area contributed by atoms with Gasteiger partial charge in [0.1, 0.15) is 0 Å². The van der Waals surface area contributed by atoms with E-state index in [1.54, 1.807) is 0 Å². The molecular weight excluding hydrogens is 351 g/mol. The molecule has 0 aromatic heterocycles. The van der Waals surface area contributed by atoms with Crippen molar-refractivity contribution in [1.29, 1.82) is 0 Å². The summed E-state index contributed by atoms with van der Waals surface area (Å²) >= 11 is 2.83. The van der Waals surface area contributed by atoms with Crippen LogP contribution in [0.4, 0.5) is 13.2 Å². The maximum absolute atomic E-state index is 12.8. The van der Waals surface area contributed by atoms with Gasteiger partial charge in [-0.3, -0.25) is 4.79 Å². The second-order valence-electron chi connectivity index (χ2n) is 5.12. The molecule has 1 amide bonds. The topological polar surface area (TPSA) is 49.3 Å². The van der Waals surface area contributed by atoms with E-state index in [4.69, 9.17) is 0 Å². The first-order valence-corrected chi connectivity index (χ1v) is 7.44. The zero-order chi connectivity index (χ0) is 15.6. The summed E-state index contributed by atoms with van der Waals surface area (Å²) in [7, 11) is 0. The summed E-state index contributed by atoms with van der Waals surface area (Å²) in [5, 5.41) is 12.4. The molecule has 0 radical (unpaired) electrons. The maximum atomic E-state index is 12.8. The van der Waals surface area contributed by atoms with Crippen molar-refractivity contribution in [1.82, 2.24) is 5.32 Å². The van der Waals surface area contributed by atoms with E-state index in [1.165, 1.54) is 12.1 Å². The molecule has 0 aliphatic heterocycles. The van der Waals surface area contributed by atoms with Crippen LogP contribution in [0.3, 0.4) is 0 Å². The summed E-state index contributed by atoms with van der Waals surface area (Å²) in [6.45, 7) is 0. The molecule has 0 saturated heterocycles. The highest BCUT2D eigenvalue weighted by Gasteiger charge is 2.34. The molecule has 1 aliphatic carbocycles. The van der Waals surface area contributed by atoms with E-state index in [0.29, 0.717) is 12.8 Å². The minimum atomic E-state index is -4.53. The number of nitrogens with one attached hydrogen (secondary N) is 1. The Labute approximate surface area is 128 Å². The van der Waals surface area contributed by atoms with Crippen LogP contribution in [0.5, 0.6) is 0 Å². The van der Waals surface area contributed by atoms with Crippen molar-refractivity contribution >= 4 is 21.8 Å². The van der Waals surface area contributed by atoms with Gasteiger partial charge in [-0.15, -0.1) is 0 Å². The van der Waals surface area contributed by atoms with Gasteiger partial charge in [-0.2, -0.15) is 13.2 Å². The van der Waals surface area contributed by atoms with Crippen LogP contribution in [0.15, 0.2) is 22.7 Å². The third-order valence-electron chi connectivity index (χ3n) is 3.58. The van der Waals surface area contributed by atoms with Crippen LogP contribution in [0.1, 0.15) is 41.6 Å². The average molecular weight is 366 g/mol. The molecule has 2 atom stereocenters. The predicted octanol–water partition coefficient (Wildman–Crippen LogP) is 3.50. The molecule has 3 nitrogen and oxygen atoms in total. The van der Waals surface area contributed by atoms with Gasteiger partial charge in [-0.1, -0.05) is 28.8 Å². The van der Waals surface area contributed by atoms with Gasteiger partial charge in [-0.25, -0.2) is 0 Å². The van der Waals surface area contributed by atoms with E-state index in [1.807, 2.05) is 0 Å². The number of carbonyl (C=O) groups is 1. The number of rotatable bonds is 2. The monoisotopic (exact) mass is 365 g/mol. The normalized spacial score (nSPS) is 22.9. The minimum Gasteiger partial charge on any atom is -0.391 e. The number of hydrogen-bond donors (Lipinski definition) is 2. The van der Waals surface area contributed by atoms with E-state index >= 15 is 0 Å². The van der Waals surface area contributed by atoms with Crippen LogP contribution in [0.25, 0.3) is 0 Å². The van der Waals surface area contributed by atoms with Gasteiger partial charge in [0.05, 0.1) is 17.7 Å². The fraction of sp³-hybridized carbons (Fsp3) is 0.500. The zero-order valence-electron chi connectivity index (χ0n) is 11.1. The maximum Gasteiger partial charge on any atom is 0.417 e. The average Bonchev–Trinajstić information content (AvgIpc) is 2.40. The Kier molecular flexibility index (Phi) is 4.93. The van der Waals surface area contributed by atoms with Crippen molar-refractivity contribution in [3.05, 3.63) is 33.8 Å². The molecule has 0 bridgehead atoms. The van der Waals surface area contributed by atoms with E-state index in [-0.39, 0.29) is 10.0 Å². The molecule has 1 saturated carbocycles. The molecular formula is C14H15BrF3NO2. The fourth-order valence-corrected chi connectivity index (χ4v) is 2.89. The summed E-state index contributed by atoms with van der Waals surface area (Å²) in [5.41, 5.74) is -0.956. The lowest BCUT2D eigenvalue weighted by Crippen LogP contribution is -2.45. The third-order valence-corrected chi connectivity index (χ3v) is 4.27. The van der Waals surface area contributed by atoms with Crippen molar-refractivity contribution in [2.24, 2.45) is 0 Å². The quantitative estimate of drug-likeness (QED) is 0.842. The lowest BCUT2D eigenvalue weighted by molar-refractivity contribution is -0.138. The third kappa shape index (κ3) is 3.97. The first-order chi connectivity index (χ1) is 9.79. The molecule has 0 unspecified atom stereocenters. The van der Waals surface area contributed by atoms with Gasteiger partial charge in [-0.05, 0) is 31.0 Å². The Morgan fingerprint density at radius 2 is 1.95 bits per heavy atom. The minimum absolute atomic E-state index is 0.0664. The molecule has 1 aliphatic rings. The Morgan fingerprint density at radius 1 is 1.29 bits per heavy atom. The van der Waals surface area contributed by atoms with Crippen molar-refractivity contribution in [2.45, 2.75) is 44.0 Å². The summed E-state index contributed by atoms with van der Waals surface area (Å²) in [4.78, 5) is 12.0. The molecule has 0 heterocycles. The van der Waals surface area contributed by atoms with Crippen molar-refractivity contribution in [3.8, 4) is 0 Å². The van der Waals surface area contributed by atoms with Crippen LogP contribution in [0.2, 0.25) is 0 Å². The Bertz CT molecular complexity index is 533. The molecule has 21 heavy (non-hydrogen) atoms. The van der Waals surface area contributed by atoms with Crippen LogP contribution >= 0.6 is 15.9 Å². The number of aliphatic hydroxyl groups excluding tert-OH is 1. The number of carbonyl (C=O) groups excluding carboxylic acids is 1. The Hall–Kier alpha value is -1.08. The predicted molar refractivity (Wildman–Crippen MR) is 74.9 cm³/mol. The van der Waals surface area contributed by atoms with E-state index in [0.717, 1.165) is 18.9 Å². The van der Waals surface area contributed by atoms with Crippen LogP contribution < -0.4 is 5.32 Å². The number of benzene rings is 1. The Morgan fingerprint density at radius 3 is 2.57 bits per heavy atom. The van der Waals surface area contributed by atoms with Crippen LogP contribution in [0, 0.1) is 0 Å².